The van der Waals surface area contributed by atoms with Gasteiger partial charge < -0.3 is 15.8 Å². The molecule has 5 nitrogen and oxygen atoms in total. The molecule has 1 aromatic rings. The number of hydrogen-bond acceptors (Lipinski definition) is 4. The number of amidine groups is 1. The van der Waals surface area contributed by atoms with Crippen molar-refractivity contribution in [2.24, 2.45) is 10.9 Å². The summed E-state index contributed by atoms with van der Waals surface area (Å²) in [6.45, 7) is 10.7. The normalized spacial score (nSPS) is 19.5. The topological polar surface area (TPSA) is 65.1 Å². The van der Waals surface area contributed by atoms with Gasteiger partial charge in [0.1, 0.15) is 0 Å². The average molecular weight is 290 g/mol. The van der Waals surface area contributed by atoms with Crippen LogP contribution in [-0.2, 0) is 0 Å². The highest BCUT2D eigenvalue weighted by atomic mass is 16.4. The van der Waals surface area contributed by atoms with E-state index in [2.05, 4.69) is 41.8 Å². The Morgan fingerprint density at radius 1 is 1.43 bits per heavy atom. The minimum Gasteiger partial charge on any atom is -0.409 e. The minimum absolute atomic E-state index is 0.177. The molecular formula is C16H26N4O. The van der Waals surface area contributed by atoms with Crippen LogP contribution in [0.15, 0.2) is 23.4 Å². The van der Waals surface area contributed by atoms with Crippen LogP contribution in [-0.4, -0.2) is 48.2 Å². The van der Waals surface area contributed by atoms with Gasteiger partial charge in [0.25, 0.3) is 0 Å². The zero-order valence-electron chi connectivity index (χ0n) is 13.2. The summed E-state index contributed by atoms with van der Waals surface area (Å²) >= 11 is 0. The van der Waals surface area contributed by atoms with Crippen LogP contribution in [0.4, 0.5) is 5.69 Å². The fourth-order valence-corrected chi connectivity index (χ4v) is 3.17. The van der Waals surface area contributed by atoms with Crippen molar-refractivity contribution in [3.8, 4) is 0 Å². The lowest BCUT2D eigenvalue weighted by Gasteiger charge is -2.27. The first kappa shape index (κ1) is 15.6. The predicted octanol–water partition coefficient (Wildman–Crippen LogP) is 2.01. The van der Waals surface area contributed by atoms with Crippen molar-refractivity contribution in [3.63, 3.8) is 0 Å². The first-order chi connectivity index (χ1) is 10.1. The molecule has 1 unspecified atom stereocenters. The van der Waals surface area contributed by atoms with E-state index in [4.69, 9.17) is 10.9 Å². The molecule has 0 spiro atoms. The second kappa shape index (κ2) is 6.80. The van der Waals surface area contributed by atoms with E-state index in [1.807, 2.05) is 12.1 Å². The number of likely N-dealkylation sites (N-methyl/N-ethyl adjacent to an activating group) is 1. The van der Waals surface area contributed by atoms with Crippen molar-refractivity contribution in [1.82, 2.24) is 4.90 Å². The first-order valence-corrected chi connectivity index (χ1v) is 7.68. The number of rotatable bonds is 5. The molecule has 1 atom stereocenters. The number of nitrogens with zero attached hydrogens (tertiary/aromatic N) is 3. The summed E-state index contributed by atoms with van der Waals surface area (Å²) in [6, 6.07) is 6.64. The molecule has 2 rings (SSSR count). The van der Waals surface area contributed by atoms with Crippen molar-refractivity contribution in [2.45, 2.75) is 33.2 Å². The Kier molecular flexibility index (Phi) is 5.07. The van der Waals surface area contributed by atoms with Gasteiger partial charge in [-0.2, -0.15) is 0 Å². The lowest BCUT2D eigenvalue weighted by Crippen LogP contribution is -2.37. The van der Waals surface area contributed by atoms with Gasteiger partial charge in [-0.25, -0.2) is 0 Å². The van der Waals surface area contributed by atoms with Crippen molar-refractivity contribution in [1.29, 1.82) is 0 Å². The zero-order valence-corrected chi connectivity index (χ0v) is 13.2. The summed E-state index contributed by atoms with van der Waals surface area (Å²) in [7, 11) is 0. The molecule has 116 valence electrons. The van der Waals surface area contributed by atoms with E-state index in [-0.39, 0.29) is 5.84 Å². The lowest BCUT2D eigenvalue weighted by atomic mass is 10.1. The third-order valence-corrected chi connectivity index (χ3v) is 4.37. The van der Waals surface area contributed by atoms with Crippen LogP contribution in [0.3, 0.4) is 0 Å². The largest absolute Gasteiger partial charge is 0.409 e. The van der Waals surface area contributed by atoms with Gasteiger partial charge in [0.2, 0.25) is 0 Å². The molecule has 0 amide bonds. The third kappa shape index (κ3) is 3.29. The van der Waals surface area contributed by atoms with Gasteiger partial charge >= 0.3 is 0 Å². The fourth-order valence-electron chi connectivity index (χ4n) is 3.17. The summed E-state index contributed by atoms with van der Waals surface area (Å²) in [5, 5.41) is 12.1. The summed E-state index contributed by atoms with van der Waals surface area (Å²) in [5.74, 6) is 0.177. The molecule has 0 radical (unpaired) electrons. The van der Waals surface area contributed by atoms with Gasteiger partial charge in [0.15, 0.2) is 5.84 Å². The standard InChI is InChI=1S/C16H26N4O/c1-4-19(5-2)13-8-9-20(11-13)15-10-12(3)6-7-14(15)16(17)18-21/h6-7,10,13,21H,4-5,8-9,11H2,1-3H3,(H2,17,18). The van der Waals surface area contributed by atoms with Gasteiger partial charge in [0, 0.05) is 30.4 Å². The molecule has 5 heteroatoms. The Morgan fingerprint density at radius 3 is 2.76 bits per heavy atom. The zero-order chi connectivity index (χ0) is 15.4. The fraction of sp³-hybridized carbons (Fsp3) is 0.562. The van der Waals surface area contributed by atoms with E-state index < -0.39 is 0 Å². The molecule has 0 aliphatic carbocycles. The summed E-state index contributed by atoms with van der Waals surface area (Å²) in [5.41, 5.74) is 8.89. The third-order valence-electron chi connectivity index (χ3n) is 4.37. The highest BCUT2D eigenvalue weighted by molar-refractivity contribution is 6.02. The van der Waals surface area contributed by atoms with Crippen molar-refractivity contribution >= 4 is 11.5 Å². The number of aryl methyl sites for hydroxylation is 1. The molecule has 0 saturated carbocycles. The molecule has 0 aromatic heterocycles. The SMILES string of the molecule is CCN(CC)C1CCN(c2cc(C)ccc2C(N)=NO)C1. The second-order valence-electron chi connectivity index (χ2n) is 5.62. The first-order valence-electron chi connectivity index (χ1n) is 7.68. The molecule has 1 fully saturated rings. The van der Waals surface area contributed by atoms with Crippen molar-refractivity contribution < 1.29 is 5.21 Å². The van der Waals surface area contributed by atoms with Crippen LogP contribution in [0.1, 0.15) is 31.4 Å². The number of anilines is 1. The maximum absolute atomic E-state index is 8.98. The van der Waals surface area contributed by atoms with Gasteiger partial charge in [-0.15, -0.1) is 0 Å². The maximum atomic E-state index is 8.98. The van der Waals surface area contributed by atoms with Crippen molar-refractivity contribution in [2.75, 3.05) is 31.1 Å². The number of nitrogens with two attached hydrogens (primary N) is 1. The highest BCUT2D eigenvalue weighted by Gasteiger charge is 2.28. The van der Waals surface area contributed by atoms with Crippen LogP contribution in [0.2, 0.25) is 0 Å². The van der Waals surface area contributed by atoms with E-state index in [0.29, 0.717) is 6.04 Å². The van der Waals surface area contributed by atoms with Crippen LogP contribution in [0, 0.1) is 6.92 Å². The van der Waals surface area contributed by atoms with E-state index in [0.717, 1.165) is 43.9 Å². The van der Waals surface area contributed by atoms with Crippen molar-refractivity contribution in [3.05, 3.63) is 29.3 Å². The van der Waals surface area contributed by atoms with Gasteiger partial charge in [-0.05, 0) is 44.1 Å². The van der Waals surface area contributed by atoms with Gasteiger partial charge in [0.05, 0.1) is 0 Å². The smallest absolute Gasteiger partial charge is 0.172 e. The average Bonchev–Trinajstić information content (AvgIpc) is 2.97. The Labute approximate surface area is 127 Å². The van der Waals surface area contributed by atoms with Gasteiger partial charge in [-0.1, -0.05) is 25.1 Å². The van der Waals surface area contributed by atoms with E-state index >= 15 is 0 Å². The van der Waals surface area contributed by atoms with Gasteiger partial charge in [-0.3, -0.25) is 4.90 Å². The molecule has 1 saturated heterocycles. The number of benzene rings is 1. The predicted molar refractivity (Wildman–Crippen MR) is 87.2 cm³/mol. The molecule has 1 aliphatic rings. The molecule has 1 aromatic carbocycles. The summed E-state index contributed by atoms with van der Waals surface area (Å²) in [4.78, 5) is 4.85. The Balaban J connectivity index is 2.25. The summed E-state index contributed by atoms with van der Waals surface area (Å²) in [6.07, 6.45) is 1.16. The molecular weight excluding hydrogens is 264 g/mol. The number of hydrogen-bond donors (Lipinski definition) is 2. The second-order valence-corrected chi connectivity index (χ2v) is 5.62. The van der Waals surface area contributed by atoms with E-state index in [1.165, 1.54) is 5.56 Å². The van der Waals surface area contributed by atoms with E-state index in [9.17, 15) is 0 Å². The van der Waals surface area contributed by atoms with E-state index in [1.54, 1.807) is 0 Å². The van der Waals surface area contributed by atoms with Crippen LogP contribution < -0.4 is 10.6 Å². The summed E-state index contributed by atoms with van der Waals surface area (Å²) < 4.78 is 0. The maximum Gasteiger partial charge on any atom is 0.172 e. The molecule has 1 heterocycles. The van der Waals surface area contributed by atoms with Crippen LogP contribution >= 0.6 is 0 Å². The molecule has 3 N–H and O–H groups in total. The van der Waals surface area contributed by atoms with Crippen LogP contribution in [0.5, 0.6) is 0 Å². The lowest BCUT2D eigenvalue weighted by molar-refractivity contribution is 0.232. The molecule has 21 heavy (non-hydrogen) atoms. The Bertz CT molecular complexity index is 511. The quantitative estimate of drug-likeness (QED) is 0.377. The number of oxime groups is 1. The molecule has 0 bridgehead atoms. The minimum atomic E-state index is 0.177. The Hall–Kier alpha value is -1.75. The monoisotopic (exact) mass is 290 g/mol. The highest BCUT2D eigenvalue weighted by Crippen LogP contribution is 2.27. The van der Waals surface area contributed by atoms with Crippen LogP contribution in [0.25, 0.3) is 0 Å². The molecule has 1 aliphatic heterocycles. The Morgan fingerprint density at radius 2 is 2.14 bits per heavy atom.